The number of amides is 1. The molecule has 0 aliphatic heterocycles. The number of hydrogen-bond acceptors (Lipinski definition) is 7. The summed E-state index contributed by atoms with van der Waals surface area (Å²) in [6, 6.07) is 2.14. The predicted octanol–water partition coefficient (Wildman–Crippen LogP) is 2.02. The van der Waals surface area contributed by atoms with Crippen LogP contribution in [0.4, 0.5) is 0 Å². The number of ether oxygens (including phenoxy) is 3. The van der Waals surface area contributed by atoms with Crippen LogP contribution < -0.4 is 19.6 Å². The number of rotatable bonds is 6. The maximum atomic E-state index is 12.4. The van der Waals surface area contributed by atoms with Crippen molar-refractivity contribution < 1.29 is 23.9 Å². The number of nitrogens with one attached hydrogen (secondary N) is 1. The first-order valence-electron chi connectivity index (χ1n) is 7.82. The topological polar surface area (TPSA) is 112 Å². The molecule has 1 N–H and O–H groups in total. The summed E-state index contributed by atoms with van der Waals surface area (Å²) in [6.45, 7) is 0. The van der Waals surface area contributed by atoms with Crippen molar-refractivity contribution in [1.29, 1.82) is 0 Å². The number of hydrogen-bond donors (Lipinski definition) is 1. The van der Waals surface area contributed by atoms with Crippen molar-refractivity contribution in [2.45, 2.75) is 31.7 Å². The van der Waals surface area contributed by atoms with Crippen LogP contribution in [-0.4, -0.2) is 43.9 Å². The second-order valence-corrected chi connectivity index (χ2v) is 5.51. The minimum Gasteiger partial charge on any atom is -0.493 e. The highest BCUT2D eigenvalue weighted by Gasteiger charge is 2.30. The molecule has 0 aromatic heterocycles. The molecule has 1 amide bonds. The van der Waals surface area contributed by atoms with Gasteiger partial charge < -0.3 is 14.2 Å². The van der Waals surface area contributed by atoms with E-state index in [4.69, 9.17) is 14.2 Å². The van der Waals surface area contributed by atoms with Crippen LogP contribution in [0.3, 0.4) is 0 Å². The monoisotopic (exact) mass is 351 g/mol. The van der Waals surface area contributed by atoms with Crippen molar-refractivity contribution in [2.24, 2.45) is 5.10 Å². The molecule has 1 aliphatic carbocycles. The van der Waals surface area contributed by atoms with Crippen LogP contribution in [0.5, 0.6) is 17.2 Å². The minimum absolute atomic E-state index is 0.243. The Kier molecular flexibility index (Phi) is 6.15. The van der Waals surface area contributed by atoms with Gasteiger partial charge in [0.1, 0.15) is 5.71 Å². The van der Waals surface area contributed by atoms with E-state index in [0.717, 1.165) is 12.8 Å². The number of carbonyl (C=O) groups is 1. The molecule has 0 saturated heterocycles. The highest BCUT2D eigenvalue weighted by molar-refractivity contribution is 5.97. The molecule has 0 bridgehead atoms. The van der Waals surface area contributed by atoms with Crippen LogP contribution >= 0.6 is 0 Å². The Morgan fingerprint density at radius 1 is 1.20 bits per heavy atom. The SMILES string of the molecule is COc1cc(C(=O)N/N=C2\CCCC[C@H]2[N+](=O)[O-])cc(OC)c1OC. The summed E-state index contributed by atoms with van der Waals surface area (Å²) in [7, 11) is 4.36. The molecule has 2 rings (SSSR count). The number of nitro groups is 1. The molecule has 1 saturated carbocycles. The lowest BCUT2D eigenvalue weighted by molar-refractivity contribution is -0.504. The Hall–Kier alpha value is -2.84. The van der Waals surface area contributed by atoms with Gasteiger partial charge in [-0.25, -0.2) is 5.43 Å². The lowest BCUT2D eigenvalue weighted by Crippen LogP contribution is -2.34. The fraction of sp³-hybridized carbons (Fsp3) is 0.500. The second kappa shape index (κ2) is 8.32. The molecule has 1 aliphatic rings. The Morgan fingerprint density at radius 3 is 2.36 bits per heavy atom. The van der Waals surface area contributed by atoms with Gasteiger partial charge in [-0.1, -0.05) is 0 Å². The van der Waals surface area contributed by atoms with E-state index in [1.165, 1.54) is 33.5 Å². The summed E-state index contributed by atoms with van der Waals surface area (Å²) in [5.41, 5.74) is 3.02. The summed E-state index contributed by atoms with van der Waals surface area (Å²) in [5, 5.41) is 15.1. The minimum atomic E-state index is -0.839. The third-order valence-electron chi connectivity index (χ3n) is 4.03. The molecular formula is C16H21N3O6. The van der Waals surface area contributed by atoms with Gasteiger partial charge in [-0.15, -0.1) is 0 Å². The zero-order chi connectivity index (χ0) is 18.4. The first-order valence-corrected chi connectivity index (χ1v) is 7.82. The number of hydrazone groups is 1. The largest absolute Gasteiger partial charge is 0.493 e. The third kappa shape index (κ3) is 4.17. The standard InChI is InChI=1S/C16H21N3O6/c1-23-13-8-10(9-14(24-2)15(13)25-3)16(20)18-17-11-6-4-5-7-12(11)19(21)22/h8-9,12H,4-7H2,1-3H3,(H,18,20)/b17-11+/t12-/m1/s1. The molecular weight excluding hydrogens is 330 g/mol. The Morgan fingerprint density at radius 2 is 1.84 bits per heavy atom. The highest BCUT2D eigenvalue weighted by atomic mass is 16.6. The van der Waals surface area contributed by atoms with Crippen molar-refractivity contribution in [3.63, 3.8) is 0 Å². The molecule has 1 atom stereocenters. The number of methoxy groups -OCH3 is 3. The van der Waals surface area contributed by atoms with E-state index in [0.29, 0.717) is 35.8 Å². The van der Waals surface area contributed by atoms with Gasteiger partial charge in [-0.05, 0) is 31.4 Å². The van der Waals surface area contributed by atoms with Crippen LogP contribution in [0.2, 0.25) is 0 Å². The summed E-state index contributed by atoms with van der Waals surface area (Å²) < 4.78 is 15.6. The molecule has 0 unspecified atom stereocenters. The van der Waals surface area contributed by atoms with E-state index in [1.807, 2.05) is 0 Å². The summed E-state index contributed by atoms with van der Waals surface area (Å²) in [4.78, 5) is 23.1. The van der Waals surface area contributed by atoms with Crippen LogP contribution in [0.25, 0.3) is 0 Å². The van der Waals surface area contributed by atoms with Crippen LogP contribution in [0.1, 0.15) is 36.0 Å². The normalized spacial score (nSPS) is 18.5. The lowest BCUT2D eigenvalue weighted by atomic mass is 9.94. The maximum absolute atomic E-state index is 12.4. The summed E-state index contributed by atoms with van der Waals surface area (Å²) in [6.07, 6.45) is 2.54. The van der Waals surface area contributed by atoms with Gasteiger partial charge >= 0.3 is 0 Å². The van der Waals surface area contributed by atoms with Gasteiger partial charge in [0, 0.05) is 16.9 Å². The Bertz CT molecular complexity index is 663. The quantitative estimate of drug-likeness (QED) is 0.620. The molecule has 9 nitrogen and oxygen atoms in total. The van der Waals surface area contributed by atoms with Crippen molar-refractivity contribution in [2.75, 3.05) is 21.3 Å². The van der Waals surface area contributed by atoms with Crippen molar-refractivity contribution >= 4 is 11.6 Å². The fourth-order valence-electron chi connectivity index (χ4n) is 2.73. The summed E-state index contributed by atoms with van der Waals surface area (Å²) >= 11 is 0. The first kappa shape index (κ1) is 18.5. The Labute approximate surface area is 145 Å². The molecule has 25 heavy (non-hydrogen) atoms. The first-order chi connectivity index (χ1) is 12.0. The molecule has 1 aromatic carbocycles. The van der Waals surface area contributed by atoms with Gasteiger partial charge in [-0.2, -0.15) is 5.10 Å². The van der Waals surface area contributed by atoms with Gasteiger partial charge in [0.05, 0.1) is 21.3 Å². The van der Waals surface area contributed by atoms with E-state index >= 15 is 0 Å². The average Bonchev–Trinajstić information content (AvgIpc) is 2.64. The van der Waals surface area contributed by atoms with E-state index in [9.17, 15) is 14.9 Å². The van der Waals surface area contributed by atoms with Gasteiger partial charge in [0.25, 0.3) is 11.9 Å². The Balaban J connectivity index is 2.23. The molecule has 0 radical (unpaired) electrons. The molecule has 1 aromatic rings. The molecule has 136 valence electrons. The highest BCUT2D eigenvalue weighted by Crippen LogP contribution is 2.38. The van der Waals surface area contributed by atoms with Gasteiger partial charge in [0.15, 0.2) is 11.5 Å². The average molecular weight is 351 g/mol. The van der Waals surface area contributed by atoms with Crippen molar-refractivity contribution in [1.82, 2.24) is 5.43 Å². The van der Waals surface area contributed by atoms with Crippen molar-refractivity contribution in [3.05, 3.63) is 27.8 Å². The second-order valence-electron chi connectivity index (χ2n) is 5.51. The maximum Gasteiger partial charge on any atom is 0.271 e. The van der Waals surface area contributed by atoms with Gasteiger partial charge in [0.2, 0.25) is 5.75 Å². The number of nitrogens with zero attached hydrogens (tertiary/aromatic N) is 2. The summed E-state index contributed by atoms with van der Waals surface area (Å²) in [5.74, 6) is 0.522. The molecule has 1 fully saturated rings. The van der Waals surface area contributed by atoms with Crippen molar-refractivity contribution in [3.8, 4) is 17.2 Å². The van der Waals surface area contributed by atoms with E-state index in [2.05, 4.69) is 10.5 Å². The van der Waals surface area contributed by atoms with E-state index in [1.54, 1.807) is 0 Å². The fourth-order valence-corrected chi connectivity index (χ4v) is 2.73. The van der Waals surface area contributed by atoms with E-state index < -0.39 is 11.9 Å². The van der Waals surface area contributed by atoms with E-state index in [-0.39, 0.29) is 10.5 Å². The molecule has 0 heterocycles. The molecule has 9 heteroatoms. The van der Waals surface area contributed by atoms with Crippen LogP contribution in [0, 0.1) is 10.1 Å². The number of carbonyl (C=O) groups excluding carboxylic acids is 1. The van der Waals surface area contributed by atoms with Crippen LogP contribution in [0.15, 0.2) is 17.2 Å². The zero-order valence-electron chi connectivity index (χ0n) is 14.4. The smallest absolute Gasteiger partial charge is 0.271 e. The third-order valence-corrected chi connectivity index (χ3v) is 4.03. The zero-order valence-corrected chi connectivity index (χ0v) is 14.4. The van der Waals surface area contributed by atoms with Gasteiger partial charge in [-0.3, -0.25) is 14.9 Å². The van der Waals surface area contributed by atoms with Crippen LogP contribution in [-0.2, 0) is 0 Å². The lowest BCUT2D eigenvalue weighted by Gasteiger charge is -2.17. The molecule has 0 spiro atoms. The predicted molar refractivity (Wildman–Crippen MR) is 90.2 cm³/mol. The number of benzene rings is 1.